The summed E-state index contributed by atoms with van der Waals surface area (Å²) in [4.78, 5) is 8.24. The van der Waals surface area contributed by atoms with Gasteiger partial charge in [-0.2, -0.15) is 0 Å². The maximum atomic E-state index is 10.3. The third-order valence-corrected chi connectivity index (χ3v) is 2.96. The maximum absolute atomic E-state index is 10.3. The van der Waals surface area contributed by atoms with Gasteiger partial charge >= 0.3 is 0 Å². The molecule has 0 amide bonds. The van der Waals surface area contributed by atoms with E-state index in [1.807, 2.05) is 6.92 Å². The summed E-state index contributed by atoms with van der Waals surface area (Å²) in [6, 6.07) is 0. The molecular weight excluding hydrogens is 240 g/mol. The molecule has 19 heavy (non-hydrogen) atoms. The van der Waals surface area contributed by atoms with Crippen molar-refractivity contribution in [3.8, 4) is 0 Å². The van der Waals surface area contributed by atoms with Crippen LogP contribution in [0.25, 0.3) is 0 Å². The Morgan fingerprint density at radius 2 is 2.11 bits per heavy atom. The van der Waals surface area contributed by atoms with E-state index in [0.717, 1.165) is 30.6 Å². The third kappa shape index (κ3) is 5.03. The van der Waals surface area contributed by atoms with Gasteiger partial charge in [0.05, 0.1) is 5.60 Å². The van der Waals surface area contributed by atoms with E-state index < -0.39 is 5.60 Å². The van der Waals surface area contributed by atoms with Crippen molar-refractivity contribution >= 4 is 11.6 Å². The van der Waals surface area contributed by atoms with Gasteiger partial charge in [0.1, 0.15) is 18.0 Å². The van der Waals surface area contributed by atoms with Crippen LogP contribution >= 0.6 is 0 Å². The van der Waals surface area contributed by atoms with Crippen molar-refractivity contribution < 1.29 is 5.11 Å². The first-order valence-corrected chi connectivity index (χ1v) is 6.91. The van der Waals surface area contributed by atoms with Gasteiger partial charge in [-0.1, -0.05) is 27.2 Å². The molecule has 1 heterocycles. The van der Waals surface area contributed by atoms with Crippen molar-refractivity contribution in [2.24, 2.45) is 5.92 Å². The van der Waals surface area contributed by atoms with Crippen LogP contribution in [-0.4, -0.2) is 27.2 Å². The van der Waals surface area contributed by atoms with Crippen LogP contribution in [0.5, 0.6) is 0 Å². The summed E-state index contributed by atoms with van der Waals surface area (Å²) in [6.07, 6.45) is 4.01. The zero-order valence-electron chi connectivity index (χ0n) is 12.4. The first-order chi connectivity index (χ1) is 8.85. The molecule has 0 aliphatic carbocycles. The fourth-order valence-electron chi connectivity index (χ4n) is 2.30. The zero-order valence-corrected chi connectivity index (χ0v) is 12.4. The summed E-state index contributed by atoms with van der Waals surface area (Å²) in [5.41, 5.74) is 6.06. The van der Waals surface area contributed by atoms with E-state index in [1.165, 1.54) is 6.33 Å². The SMILES string of the molecule is CCCc1c(N)ncnc1NCC(C)(O)CC(C)C. The summed E-state index contributed by atoms with van der Waals surface area (Å²) in [5, 5.41) is 13.5. The fraction of sp³-hybridized carbons (Fsp3) is 0.714. The van der Waals surface area contributed by atoms with Crippen molar-refractivity contribution in [3.05, 3.63) is 11.9 Å². The van der Waals surface area contributed by atoms with Crippen molar-refractivity contribution in [3.63, 3.8) is 0 Å². The van der Waals surface area contributed by atoms with Crippen LogP contribution in [0, 0.1) is 5.92 Å². The Morgan fingerprint density at radius 3 is 2.68 bits per heavy atom. The highest BCUT2D eigenvalue weighted by Gasteiger charge is 2.22. The van der Waals surface area contributed by atoms with Crippen molar-refractivity contribution in [1.82, 2.24) is 9.97 Å². The lowest BCUT2D eigenvalue weighted by Gasteiger charge is -2.26. The normalized spacial score (nSPS) is 14.4. The van der Waals surface area contributed by atoms with Crippen LogP contribution in [0.4, 0.5) is 11.6 Å². The molecule has 0 aliphatic heterocycles. The Labute approximate surface area is 115 Å². The molecule has 0 saturated carbocycles. The van der Waals surface area contributed by atoms with E-state index >= 15 is 0 Å². The molecule has 5 heteroatoms. The van der Waals surface area contributed by atoms with Crippen LogP contribution in [-0.2, 0) is 6.42 Å². The lowest BCUT2D eigenvalue weighted by atomic mass is 9.94. The minimum atomic E-state index is -0.753. The number of nitrogen functional groups attached to an aromatic ring is 1. The highest BCUT2D eigenvalue weighted by atomic mass is 16.3. The molecule has 1 unspecified atom stereocenters. The fourth-order valence-corrected chi connectivity index (χ4v) is 2.30. The van der Waals surface area contributed by atoms with Gasteiger partial charge in [-0.25, -0.2) is 9.97 Å². The average Bonchev–Trinajstić information content (AvgIpc) is 2.28. The Balaban J connectivity index is 2.74. The number of anilines is 2. The largest absolute Gasteiger partial charge is 0.388 e. The van der Waals surface area contributed by atoms with E-state index in [0.29, 0.717) is 18.3 Å². The molecule has 108 valence electrons. The molecule has 0 fully saturated rings. The van der Waals surface area contributed by atoms with Crippen LogP contribution in [0.2, 0.25) is 0 Å². The molecule has 0 bridgehead atoms. The summed E-state index contributed by atoms with van der Waals surface area (Å²) in [5.74, 6) is 1.70. The second-order valence-corrected chi connectivity index (χ2v) is 5.78. The highest BCUT2D eigenvalue weighted by molar-refractivity contribution is 5.55. The quantitative estimate of drug-likeness (QED) is 0.704. The number of hydrogen-bond donors (Lipinski definition) is 3. The Bertz CT molecular complexity index is 404. The number of rotatable bonds is 7. The molecule has 1 atom stereocenters. The van der Waals surface area contributed by atoms with Crippen molar-refractivity contribution in [2.75, 3.05) is 17.6 Å². The lowest BCUT2D eigenvalue weighted by Crippen LogP contribution is -2.35. The van der Waals surface area contributed by atoms with Crippen LogP contribution in [0.1, 0.15) is 46.1 Å². The predicted octanol–water partition coefficient (Wildman–Crippen LogP) is 2.22. The van der Waals surface area contributed by atoms with Crippen molar-refractivity contribution in [1.29, 1.82) is 0 Å². The summed E-state index contributed by atoms with van der Waals surface area (Å²) >= 11 is 0. The van der Waals surface area contributed by atoms with Gasteiger partial charge < -0.3 is 16.2 Å². The van der Waals surface area contributed by atoms with Gasteiger partial charge in [-0.15, -0.1) is 0 Å². The molecule has 1 aromatic heterocycles. The average molecular weight is 266 g/mol. The topological polar surface area (TPSA) is 84.1 Å². The smallest absolute Gasteiger partial charge is 0.134 e. The predicted molar refractivity (Wildman–Crippen MR) is 79.0 cm³/mol. The van der Waals surface area contributed by atoms with Gasteiger partial charge in [0.2, 0.25) is 0 Å². The lowest BCUT2D eigenvalue weighted by molar-refractivity contribution is 0.0514. The Kier molecular flexibility index (Phi) is 5.54. The van der Waals surface area contributed by atoms with E-state index in [1.54, 1.807) is 0 Å². The second-order valence-electron chi connectivity index (χ2n) is 5.78. The van der Waals surface area contributed by atoms with E-state index in [4.69, 9.17) is 5.73 Å². The molecule has 0 aromatic carbocycles. The van der Waals surface area contributed by atoms with Crippen LogP contribution < -0.4 is 11.1 Å². The van der Waals surface area contributed by atoms with Gasteiger partial charge in [-0.05, 0) is 25.7 Å². The molecule has 0 spiro atoms. The monoisotopic (exact) mass is 266 g/mol. The number of hydrogen-bond acceptors (Lipinski definition) is 5. The molecule has 4 N–H and O–H groups in total. The number of nitrogens with two attached hydrogens (primary N) is 1. The first-order valence-electron chi connectivity index (χ1n) is 6.91. The molecule has 5 nitrogen and oxygen atoms in total. The summed E-state index contributed by atoms with van der Waals surface area (Å²) < 4.78 is 0. The number of aliphatic hydroxyl groups is 1. The van der Waals surface area contributed by atoms with E-state index in [9.17, 15) is 5.11 Å². The third-order valence-electron chi connectivity index (χ3n) is 2.96. The number of aromatic nitrogens is 2. The van der Waals surface area contributed by atoms with Gasteiger partial charge in [0.15, 0.2) is 0 Å². The minimum Gasteiger partial charge on any atom is -0.388 e. The molecule has 0 aliphatic rings. The Morgan fingerprint density at radius 1 is 1.42 bits per heavy atom. The highest BCUT2D eigenvalue weighted by Crippen LogP contribution is 2.21. The first kappa shape index (κ1) is 15.7. The summed E-state index contributed by atoms with van der Waals surface area (Å²) in [7, 11) is 0. The molecule has 0 radical (unpaired) electrons. The maximum Gasteiger partial charge on any atom is 0.134 e. The molecular formula is C14H26N4O. The second kappa shape index (κ2) is 6.70. The number of nitrogens with one attached hydrogen (secondary N) is 1. The van der Waals surface area contributed by atoms with Gasteiger partial charge in [0.25, 0.3) is 0 Å². The van der Waals surface area contributed by atoms with Gasteiger partial charge in [-0.3, -0.25) is 0 Å². The summed E-state index contributed by atoms with van der Waals surface area (Å²) in [6.45, 7) is 8.58. The van der Waals surface area contributed by atoms with Crippen LogP contribution in [0.15, 0.2) is 6.33 Å². The zero-order chi connectivity index (χ0) is 14.5. The van der Waals surface area contributed by atoms with E-state index in [2.05, 4.69) is 36.1 Å². The van der Waals surface area contributed by atoms with E-state index in [-0.39, 0.29) is 0 Å². The standard InChI is InChI=1S/C14H26N4O/c1-5-6-11-12(15)17-9-18-13(11)16-8-14(4,19)7-10(2)3/h9-10,19H,5-8H2,1-4H3,(H3,15,16,17,18). The van der Waals surface area contributed by atoms with Crippen molar-refractivity contribution in [2.45, 2.75) is 52.6 Å². The Hall–Kier alpha value is -1.36. The molecule has 0 saturated heterocycles. The van der Waals surface area contributed by atoms with Gasteiger partial charge in [0, 0.05) is 12.1 Å². The minimum absolute atomic E-state index is 0.447. The van der Waals surface area contributed by atoms with Crippen LogP contribution in [0.3, 0.4) is 0 Å². The molecule has 1 aromatic rings. The molecule has 1 rings (SSSR count). The number of nitrogens with zero attached hydrogens (tertiary/aromatic N) is 2.